The fraction of sp³-hybridized carbons (Fsp3) is 0.786. The number of aryl methyl sites for hydroxylation is 2. The van der Waals surface area contributed by atoms with Gasteiger partial charge in [0.25, 0.3) is 0 Å². The number of rotatable bonds is 10. The fourth-order valence-corrected chi connectivity index (χ4v) is 2.59. The van der Waals surface area contributed by atoms with Crippen LogP contribution in [0, 0.1) is 0 Å². The van der Waals surface area contributed by atoms with Gasteiger partial charge in [-0.3, -0.25) is 4.68 Å². The van der Waals surface area contributed by atoms with Crippen LogP contribution in [0.25, 0.3) is 0 Å². The molecule has 0 aliphatic heterocycles. The minimum atomic E-state index is 0.776. The molecular weight excluding hydrogens is 306 g/mol. The summed E-state index contributed by atoms with van der Waals surface area (Å²) in [5.74, 6) is 0. The lowest BCUT2D eigenvalue weighted by Gasteiger charge is -2.08. The SMILES string of the molecule is CCCCOCCNCc1c(Br)c(CC)nn1CC. The number of nitrogens with zero attached hydrogens (tertiary/aromatic N) is 2. The highest BCUT2D eigenvalue weighted by atomic mass is 79.9. The molecule has 1 aromatic heterocycles. The highest BCUT2D eigenvalue weighted by Gasteiger charge is 2.12. The molecule has 1 N–H and O–H groups in total. The Morgan fingerprint density at radius 2 is 2.05 bits per heavy atom. The summed E-state index contributed by atoms with van der Waals surface area (Å²) in [5.41, 5.74) is 2.37. The van der Waals surface area contributed by atoms with E-state index in [2.05, 4.69) is 51.8 Å². The molecule has 0 atom stereocenters. The van der Waals surface area contributed by atoms with Crippen LogP contribution in [0.4, 0.5) is 0 Å². The molecule has 0 aliphatic rings. The van der Waals surface area contributed by atoms with Gasteiger partial charge in [-0.15, -0.1) is 0 Å². The van der Waals surface area contributed by atoms with Crippen LogP contribution in [0.5, 0.6) is 0 Å². The van der Waals surface area contributed by atoms with E-state index in [4.69, 9.17) is 4.74 Å². The molecule has 1 rings (SSSR count). The van der Waals surface area contributed by atoms with E-state index in [1.54, 1.807) is 0 Å². The van der Waals surface area contributed by atoms with Crippen LogP contribution in [0.3, 0.4) is 0 Å². The lowest BCUT2D eigenvalue weighted by Crippen LogP contribution is -2.21. The molecule has 0 saturated carbocycles. The molecule has 1 aromatic rings. The largest absolute Gasteiger partial charge is 0.380 e. The van der Waals surface area contributed by atoms with Crippen molar-refractivity contribution in [3.63, 3.8) is 0 Å². The Balaban J connectivity index is 2.34. The highest BCUT2D eigenvalue weighted by molar-refractivity contribution is 9.10. The van der Waals surface area contributed by atoms with Crippen molar-refractivity contribution in [2.24, 2.45) is 0 Å². The standard InChI is InChI=1S/C14H26BrN3O/c1-4-7-9-19-10-8-16-11-13-14(15)12(5-2)17-18(13)6-3/h16H,4-11H2,1-3H3. The average Bonchev–Trinajstić information content (AvgIpc) is 2.74. The first kappa shape index (κ1) is 16.7. The minimum absolute atomic E-state index is 0.776. The lowest BCUT2D eigenvalue weighted by atomic mass is 10.3. The van der Waals surface area contributed by atoms with Crippen molar-refractivity contribution in [2.75, 3.05) is 19.8 Å². The average molecular weight is 332 g/mol. The Labute approximate surface area is 125 Å². The van der Waals surface area contributed by atoms with Crippen LogP contribution in [0.15, 0.2) is 4.47 Å². The van der Waals surface area contributed by atoms with Gasteiger partial charge in [0.2, 0.25) is 0 Å². The van der Waals surface area contributed by atoms with Gasteiger partial charge in [0, 0.05) is 26.2 Å². The first-order valence-electron chi connectivity index (χ1n) is 7.27. The quantitative estimate of drug-likeness (QED) is 0.669. The first-order chi connectivity index (χ1) is 9.24. The third-order valence-electron chi connectivity index (χ3n) is 3.05. The molecule has 0 saturated heterocycles. The number of unbranched alkanes of at least 4 members (excludes halogenated alkanes) is 1. The Hall–Kier alpha value is -0.390. The second kappa shape index (κ2) is 9.50. The molecule has 0 unspecified atom stereocenters. The summed E-state index contributed by atoms with van der Waals surface area (Å²) in [6.45, 7) is 10.7. The molecular formula is C14H26BrN3O. The van der Waals surface area contributed by atoms with Crippen molar-refractivity contribution in [1.29, 1.82) is 0 Å². The number of hydrogen-bond donors (Lipinski definition) is 1. The van der Waals surface area contributed by atoms with Crippen LogP contribution >= 0.6 is 15.9 Å². The summed E-state index contributed by atoms with van der Waals surface area (Å²) in [6.07, 6.45) is 3.30. The van der Waals surface area contributed by atoms with E-state index in [1.165, 1.54) is 12.1 Å². The van der Waals surface area contributed by atoms with E-state index in [0.717, 1.165) is 55.9 Å². The molecule has 0 amide bonds. The number of nitrogens with one attached hydrogen (secondary N) is 1. The molecule has 0 bridgehead atoms. The predicted molar refractivity (Wildman–Crippen MR) is 82.4 cm³/mol. The summed E-state index contributed by atoms with van der Waals surface area (Å²) in [7, 11) is 0. The van der Waals surface area contributed by atoms with Gasteiger partial charge >= 0.3 is 0 Å². The smallest absolute Gasteiger partial charge is 0.0767 e. The van der Waals surface area contributed by atoms with Gasteiger partial charge in [-0.1, -0.05) is 20.3 Å². The number of halogens is 1. The maximum Gasteiger partial charge on any atom is 0.0767 e. The number of ether oxygens (including phenoxy) is 1. The van der Waals surface area contributed by atoms with Crippen molar-refractivity contribution < 1.29 is 4.74 Å². The highest BCUT2D eigenvalue weighted by Crippen LogP contribution is 2.22. The van der Waals surface area contributed by atoms with E-state index < -0.39 is 0 Å². The molecule has 0 aromatic carbocycles. The van der Waals surface area contributed by atoms with E-state index in [-0.39, 0.29) is 0 Å². The van der Waals surface area contributed by atoms with Crippen molar-refractivity contribution in [3.8, 4) is 0 Å². The molecule has 0 aliphatic carbocycles. The second-order valence-corrected chi connectivity index (χ2v) is 5.31. The predicted octanol–water partition coefficient (Wildman–Crippen LogP) is 3.13. The zero-order valence-corrected chi connectivity index (χ0v) is 13.9. The van der Waals surface area contributed by atoms with Crippen molar-refractivity contribution in [1.82, 2.24) is 15.1 Å². The van der Waals surface area contributed by atoms with E-state index in [0.29, 0.717) is 0 Å². The Morgan fingerprint density at radius 1 is 1.26 bits per heavy atom. The molecule has 110 valence electrons. The lowest BCUT2D eigenvalue weighted by molar-refractivity contribution is 0.132. The van der Waals surface area contributed by atoms with Crippen molar-refractivity contribution in [3.05, 3.63) is 15.9 Å². The van der Waals surface area contributed by atoms with Crippen molar-refractivity contribution >= 4 is 15.9 Å². The summed E-state index contributed by atoms with van der Waals surface area (Å²) >= 11 is 3.65. The Kier molecular flexibility index (Phi) is 8.34. The zero-order chi connectivity index (χ0) is 14.1. The Morgan fingerprint density at radius 3 is 2.68 bits per heavy atom. The van der Waals surface area contributed by atoms with Crippen LogP contribution in [0.1, 0.15) is 45.0 Å². The van der Waals surface area contributed by atoms with Gasteiger partial charge in [0.05, 0.1) is 22.5 Å². The minimum Gasteiger partial charge on any atom is -0.380 e. The third kappa shape index (κ3) is 5.24. The third-order valence-corrected chi connectivity index (χ3v) is 3.97. The summed E-state index contributed by atoms with van der Waals surface area (Å²) < 4.78 is 8.74. The number of aromatic nitrogens is 2. The van der Waals surface area contributed by atoms with Gasteiger partial charge < -0.3 is 10.1 Å². The van der Waals surface area contributed by atoms with Crippen LogP contribution in [0.2, 0.25) is 0 Å². The van der Waals surface area contributed by atoms with Gasteiger partial charge in [0.15, 0.2) is 0 Å². The van der Waals surface area contributed by atoms with Crippen LogP contribution < -0.4 is 5.32 Å². The van der Waals surface area contributed by atoms with Gasteiger partial charge in [0.1, 0.15) is 0 Å². The van der Waals surface area contributed by atoms with Crippen molar-refractivity contribution in [2.45, 2.75) is 53.1 Å². The fourth-order valence-electron chi connectivity index (χ4n) is 1.89. The van der Waals surface area contributed by atoms with Gasteiger partial charge in [-0.25, -0.2) is 0 Å². The van der Waals surface area contributed by atoms with E-state index in [1.807, 2.05) is 0 Å². The zero-order valence-electron chi connectivity index (χ0n) is 12.3. The summed E-state index contributed by atoms with van der Waals surface area (Å²) in [6, 6.07) is 0. The Bertz CT molecular complexity index is 366. The maximum absolute atomic E-state index is 5.53. The molecule has 0 fully saturated rings. The summed E-state index contributed by atoms with van der Waals surface area (Å²) in [5, 5.41) is 8.00. The van der Waals surface area contributed by atoms with Crippen LogP contribution in [-0.4, -0.2) is 29.5 Å². The van der Waals surface area contributed by atoms with E-state index in [9.17, 15) is 0 Å². The monoisotopic (exact) mass is 331 g/mol. The first-order valence-corrected chi connectivity index (χ1v) is 8.06. The second-order valence-electron chi connectivity index (χ2n) is 4.52. The van der Waals surface area contributed by atoms with E-state index >= 15 is 0 Å². The maximum atomic E-state index is 5.53. The summed E-state index contributed by atoms with van der Waals surface area (Å²) in [4.78, 5) is 0. The van der Waals surface area contributed by atoms with Gasteiger partial charge in [-0.2, -0.15) is 5.10 Å². The number of hydrogen-bond acceptors (Lipinski definition) is 3. The molecule has 0 radical (unpaired) electrons. The molecule has 0 spiro atoms. The van der Waals surface area contributed by atoms with Crippen LogP contribution in [-0.2, 0) is 24.2 Å². The van der Waals surface area contributed by atoms with Gasteiger partial charge in [-0.05, 0) is 35.7 Å². The molecule has 19 heavy (non-hydrogen) atoms. The normalized spacial score (nSPS) is 11.2. The molecule has 4 nitrogen and oxygen atoms in total. The topological polar surface area (TPSA) is 39.1 Å². The molecule has 1 heterocycles. The molecule has 5 heteroatoms.